The molecule has 1 fully saturated rings. The topological polar surface area (TPSA) is 21.3 Å². The molecule has 0 saturated heterocycles. The van der Waals surface area contributed by atoms with Crippen LogP contribution < -0.4 is 10.1 Å². The molecule has 0 amide bonds. The highest BCUT2D eigenvalue weighted by Crippen LogP contribution is 2.30. The molecule has 3 unspecified atom stereocenters. The first-order chi connectivity index (χ1) is 10.3. The van der Waals surface area contributed by atoms with E-state index in [1.54, 1.807) is 7.11 Å². The highest BCUT2D eigenvalue weighted by molar-refractivity contribution is 5.35. The van der Waals surface area contributed by atoms with E-state index in [1.807, 2.05) is 6.07 Å². The van der Waals surface area contributed by atoms with Crippen LogP contribution in [0.3, 0.4) is 0 Å². The molecule has 1 aliphatic rings. The van der Waals surface area contributed by atoms with E-state index >= 15 is 0 Å². The Morgan fingerprint density at radius 1 is 1.14 bits per heavy atom. The van der Waals surface area contributed by atoms with Crippen LogP contribution in [0.25, 0.3) is 0 Å². The van der Waals surface area contributed by atoms with Gasteiger partial charge in [-0.25, -0.2) is 0 Å². The van der Waals surface area contributed by atoms with Crippen molar-refractivity contribution in [1.82, 2.24) is 5.32 Å². The summed E-state index contributed by atoms with van der Waals surface area (Å²) < 4.78 is 5.54. The average Bonchev–Trinajstić information content (AvgIpc) is 2.77. The van der Waals surface area contributed by atoms with E-state index in [9.17, 15) is 0 Å². The summed E-state index contributed by atoms with van der Waals surface area (Å²) in [7, 11) is 1.77. The standard InChI is InChI=1S/C19H31NO/c1-4-15-9-8-10-16(14-13-15)20-18(5-2)17-11-6-7-12-19(17)21-3/h6-7,11-12,15-16,18,20H,4-5,8-10,13-14H2,1-3H3. The van der Waals surface area contributed by atoms with E-state index in [0.29, 0.717) is 12.1 Å². The molecule has 0 bridgehead atoms. The van der Waals surface area contributed by atoms with Gasteiger partial charge >= 0.3 is 0 Å². The summed E-state index contributed by atoms with van der Waals surface area (Å²) in [5.74, 6) is 1.96. The minimum atomic E-state index is 0.407. The summed E-state index contributed by atoms with van der Waals surface area (Å²) >= 11 is 0. The molecule has 0 radical (unpaired) electrons. The average molecular weight is 289 g/mol. The highest BCUT2D eigenvalue weighted by Gasteiger charge is 2.21. The van der Waals surface area contributed by atoms with E-state index in [2.05, 4.69) is 37.4 Å². The number of benzene rings is 1. The largest absolute Gasteiger partial charge is 0.496 e. The third-order valence-electron chi connectivity index (χ3n) is 5.03. The van der Waals surface area contributed by atoms with E-state index in [0.717, 1.165) is 18.1 Å². The van der Waals surface area contributed by atoms with Gasteiger partial charge in [0.2, 0.25) is 0 Å². The van der Waals surface area contributed by atoms with Gasteiger partial charge in [-0.1, -0.05) is 51.3 Å². The maximum Gasteiger partial charge on any atom is 0.123 e. The Kier molecular flexibility index (Phi) is 6.56. The van der Waals surface area contributed by atoms with Crippen molar-refractivity contribution in [2.24, 2.45) is 5.92 Å². The third-order valence-corrected chi connectivity index (χ3v) is 5.03. The van der Waals surface area contributed by atoms with Crippen LogP contribution in [0.1, 0.15) is 70.4 Å². The number of hydrogen-bond donors (Lipinski definition) is 1. The van der Waals surface area contributed by atoms with Gasteiger partial charge in [0.25, 0.3) is 0 Å². The van der Waals surface area contributed by atoms with Crippen molar-refractivity contribution < 1.29 is 4.74 Å². The second kappa shape index (κ2) is 8.43. The predicted molar refractivity (Wildman–Crippen MR) is 89.8 cm³/mol. The quantitative estimate of drug-likeness (QED) is 0.736. The lowest BCUT2D eigenvalue weighted by molar-refractivity contribution is 0.363. The van der Waals surface area contributed by atoms with E-state index < -0.39 is 0 Å². The molecular weight excluding hydrogens is 258 g/mol. The minimum Gasteiger partial charge on any atom is -0.496 e. The zero-order valence-corrected chi connectivity index (χ0v) is 13.9. The monoisotopic (exact) mass is 289 g/mol. The molecule has 2 heteroatoms. The molecule has 0 aliphatic heterocycles. The Morgan fingerprint density at radius 2 is 1.95 bits per heavy atom. The lowest BCUT2D eigenvalue weighted by Crippen LogP contribution is -2.32. The molecule has 1 aromatic carbocycles. The molecule has 0 aromatic heterocycles. The smallest absolute Gasteiger partial charge is 0.123 e. The first kappa shape index (κ1) is 16.4. The minimum absolute atomic E-state index is 0.407. The summed E-state index contributed by atoms with van der Waals surface area (Å²) in [6.07, 6.45) is 9.27. The Balaban J connectivity index is 2.01. The van der Waals surface area contributed by atoms with Gasteiger partial charge < -0.3 is 10.1 Å². The van der Waals surface area contributed by atoms with Crippen molar-refractivity contribution in [3.05, 3.63) is 29.8 Å². The molecule has 1 saturated carbocycles. The van der Waals surface area contributed by atoms with Crippen LogP contribution in [0.15, 0.2) is 24.3 Å². The van der Waals surface area contributed by atoms with Crippen LogP contribution >= 0.6 is 0 Å². The van der Waals surface area contributed by atoms with E-state index in [4.69, 9.17) is 4.74 Å². The van der Waals surface area contributed by atoms with E-state index in [1.165, 1.54) is 44.1 Å². The lowest BCUT2D eigenvalue weighted by atomic mass is 9.97. The van der Waals surface area contributed by atoms with Gasteiger partial charge in [-0.05, 0) is 37.7 Å². The maximum absolute atomic E-state index is 5.54. The number of nitrogens with one attached hydrogen (secondary N) is 1. The summed E-state index contributed by atoms with van der Waals surface area (Å²) in [4.78, 5) is 0. The van der Waals surface area contributed by atoms with Crippen molar-refractivity contribution in [2.45, 2.75) is 70.9 Å². The van der Waals surface area contributed by atoms with Crippen molar-refractivity contribution >= 4 is 0 Å². The van der Waals surface area contributed by atoms with Crippen LogP contribution in [0.5, 0.6) is 5.75 Å². The number of ether oxygens (including phenoxy) is 1. The van der Waals surface area contributed by atoms with Crippen LogP contribution in [0, 0.1) is 5.92 Å². The molecule has 0 spiro atoms. The Hall–Kier alpha value is -1.02. The Labute approximate surface area is 130 Å². The van der Waals surface area contributed by atoms with Crippen LogP contribution in [-0.4, -0.2) is 13.2 Å². The molecular formula is C19H31NO. The molecule has 3 atom stereocenters. The first-order valence-electron chi connectivity index (χ1n) is 8.67. The second-order valence-electron chi connectivity index (χ2n) is 6.35. The van der Waals surface area contributed by atoms with Crippen molar-refractivity contribution in [3.63, 3.8) is 0 Å². The normalized spacial score (nSPS) is 24.3. The summed E-state index contributed by atoms with van der Waals surface area (Å²) in [5, 5.41) is 3.90. The zero-order valence-electron chi connectivity index (χ0n) is 13.9. The van der Waals surface area contributed by atoms with Gasteiger partial charge in [0.05, 0.1) is 7.11 Å². The molecule has 1 aromatic rings. The molecule has 2 nitrogen and oxygen atoms in total. The predicted octanol–water partition coefficient (Wildman–Crippen LogP) is 5.09. The SMILES string of the molecule is CCC1CCCC(NC(CC)c2ccccc2OC)CC1. The molecule has 21 heavy (non-hydrogen) atoms. The number of para-hydroxylation sites is 1. The number of methoxy groups -OCH3 is 1. The van der Waals surface area contributed by atoms with Gasteiger partial charge in [0.1, 0.15) is 5.75 Å². The Morgan fingerprint density at radius 3 is 2.67 bits per heavy atom. The van der Waals surface area contributed by atoms with Crippen molar-refractivity contribution in [1.29, 1.82) is 0 Å². The fourth-order valence-corrected chi connectivity index (χ4v) is 3.62. The fourth-order valence-electron chi connectivity index (χ4n) is 3.62. The Bertz CT molecular complexity index is 418. The van der Waals surface area contributed by atoms with Gasteiger partial charge in [-0.2, -0.15) is 0 Å². The molecule has 118 valence electrons. The first-order valence-corrected chi connectivity index (χ1v) is 8.67. The summed E-state index contributed by atoms with van der Waals surface area (Å²) in [6, 6.07) is 9.50. The van der Waals surface area contributed by atoms with Crippen molar-refractivity contribution in [2.75, 3.05) is 7.11 Å². The zero-order chi connectivity index (χ0) is 15.1. The van der Waals surface area contributed by atoms with Gasteiger partial charge in [0.15, 0.2) is 0 Å². The lowest BCUT2D eigenvalue weighted by Gasteiger charge is -2.26. The number of rotatable bonds is 6. The molecule has 0 heterocycles. The highest BCUT2D eigenvalue weighted by atomic mass is 16.5. The summed E-state index contributed by atoms with van der Waals surface area (Å²) in [6.45, 7) is 4.59. The van der Waals surface area contributed by atoms with Crippen LogP contribution in [-0.2, 0) is 0 Å². The van der Waals surface area contributed by atoms with Gasteiger partial charge in [0, 0.05) is 17.6 Å². The fraction of sp³-hybridized carbons (Fsp3) is 0.684. The maximum atomic E-state index is 5.54. The molecule has 2 rings (SSSR count). The molecule has 1 aliphatic carbocycles. The molecule has 1 N–H and O–H groups in total. The van der Waals surface area contributed by atoms with Crippen molar-refractivity contribution in [3.8, 4) is 5.75 Å². The van der Waals surface area contributed by atoms with Gasteiger partial charge in [-0.3, -0.25) is 0 Å². The second-order valence-corrected chi connectivity index (χ2v) is 6.35. The van der Waals surface area contributed by atoms with Gasteiger partial charge in [-0.15, -0.1) is 0 Å². The third kappa shape index (κ3) is 4.47. The van der Waals surface area contributed by atoms with Crippen LogP contribution in [0.4, 0.5) is 0 Å². The summed E-state index contributed by atoms with van der Waals surface area (Å²) in [5.41, 5.74) is 1.30. The van der Waals surface area contributed by atoms with E-state index in [-0.39, 0.29) is 0 Å². The van der Waals surface area contributed by atoms with Crippen LogP contribution in [0.2, 0.25) is 0 Å². The number of hydrogen-bond acceptors (Lipinski definition) is 2.